The Balaban J connectivity index is 1.70. The summed E-state index contributed by atoms with van der Waals surface area (Å²) in [5.74, 6) is 1.54. The standard InChI is InChI=1S/C15H23N3O2S/c19-15(4-2-8-21)18-6-7-20-13-9-12(10-16-11-13)14-3-1-5-17-14/h9-11,14,17,21H,1-8H2,(H,18,19). The number of hydrogen-bond donors (Lipinski definition) is 3. The van der Waals surface area contributed by atoms with Gasteiger partial charge in [0.25, 0.3) is 0 Å². The number of carbonyl (C=O) groups is 1. The minimum atomic E-state index is 0.0506. The molecule has 1 fully saturated rings. The van der Waals surface area contributed by atoms with Crippen LogP contribution in [0.25, 0.3) is 0 Å². The van der Waals surface area contributed by atoms with E-state index in [1.807, 2.05) is 12.3 Å². The van der Waals surface area contributed by atoms with E-state index in [2.05, 4.69) is 28.2 Å². The first-order valence-corrected chi connectivity index (χ1v) is 8.11. The minimum absolute atomic E-state index is 0.0506. The van der Waals surface area contributed by atoms with Crippen molar-refractivity contribution in [2.24, 2.45) is 0 Å². The summed E-state index contributed by atoms with van der Waals surface area (Å²) in [7, 11) is 0. The van der Waals surface area contributed by atoms with Gasteiger partial charge in [0.05, 0.1) is 12.7 Å². The number of hydrogen-bond acceptors (Lipinski definition) is 5. The third kappa shape index (κ3) is 5.55. The van der Waals surface area contributed by atoms with Gasteiger partial charge in [-0.3, -0.25) is 9.78 Å². The van der Waals surface area contributed by atoms with Crippen LogP contribution in [0.1, 0.15) is 37.3 Å². The van der Waals surface area contributed by atoms with Gasteiger partial charge in [0.2, 0.25) is 5.91 Å². The number of ether oxygens (including phenoxy) is 1. The van der Waals surface area contributed by atoms with Gasteiger partial charge in [-0.15, -0.1) is 0 Å². The number of aromatic nitrogens is 1. The fourth-order valence-electron chi connectivity index (χ4n) is 2.36. The summed E-state index contributed by atoms with van der Waals surface area (Å²) in [4.78, 5) is 15.6. The first kappa shape index (κ1) is 16.1. The summed E-state index contributed by atoms with van der Waals surface area (Å²) in [6.07, 6.45) is 7.26. The van der Waals surface area contributed by atoms with E-state index >= 15 is 0 Å². The van der Waals surface area contributed by atoms with Crippen LogP contribution in [0.4, 0.5) is 0 Å². The Bertz CT molecular complexity index is 450. The van der Waals surface area contributed by atoms with Crippen LogP contribution in [0.3, 0.4) is 0 Å². The number of thiol groups is 1. The van der Waals surface area contributed by atoms with Crippen molar-refractivity contribution >= 4 is 18.5 Å². The Hall–Kier alpha value is -1.27. The van der Waals surface area contributed by atoms with Crippen molar-refractivity contribution in [1.82, 2.24) is 15.6 Å². The van der Waals surface area contributed by atoms with Gasteiger partial charge >= 0.3 is 0 Å². The summed E-state index contributed by atoms with van der Waals surface area (Å²) < 4.78 is 5.64. The van der Waals surface area contributed by atoms with Crippen molar-refractivity contribution in [3.63, 3.8) is 0 Å². The maximum atomic E-state index is 11.4. The van der Waals surface area contributed by atoms with Gasteiger partial charge in [0, 0.05) is 18.7 Å². The number of carbonyl (C=O) groups excluding carboxylic acids is 1. The highest BCUT2D eigenvalue weighted by Crippen LogP contribution is 2.24. The quantitative estimate of drug-likeness (QED) is 0.505. The molecule has 0 radical (unpaired) electrons. The number of nitrogens with one attached hydrogen (secondary N) is 2. The molecule has 21 heavy (non-hydrogen) atoms. The normalized spacial score (nSPS) is 17.7. The predicted octanol–water partition coefficient (Wildman–Crippen LogP) is 1.71. The summed E-state index contributed by atoms with van der Waals surface area (Å²) in [6, 6.07) is 2.42. The predicted molar refractivity (Wildman–Crippen MR) is 85.8 cm³/mol. The average Bonchev–Trinajstić information content (AvgIpc) is 3.04. The van der Waals surface area contributed by atoms with E-state index in [4.69, 9.17) is 4.74 Å². The van der Waals surface area contributed by atoms with E-state index in [1.165, 1.54) is 12.0 Å². The smallest absolute Gasteiger partial charge is 0.220 e. The molecular formula is C15H23N3O2S. The molecule has 116 valence electrons. The van der Waals surface area contributed by atoms with Crippen molar-refractivity contribution in [1.29, 1.82) is 0 Å². The van der Waals surface area contributed by atoms with Gasteiger partial charge in [0.1, 0.15) is 12.4 Å². The van der Waals surface area contributed by atoms with Crippen molar-refractivity contribution < 1.29 is 9.53 Å². The highest BCUT2D eigenvalue weighted by molar-refractivity contribution is 7.80. The molecule has 1 aliphatic heterocycles. The summed E-state index contributed by atoms with van der Waals surface area (Å²) in [5.41, 5.74) is 1.17. The second kappa shape index (κ2) is 8.89. The Morgan fingerprint density at radius 2 is 2.43 bits per heavy atom. The molecule has 0 aromatic carbocycles. The molecule has 2 heterocycles. The molecule has 5 nitrogen and oxygen atoms in total. The van der Waals surface area contributed by atoms with Crippen LogP contribution in [0.2, 0.25) is 0 Å². The van der Waals surface area contributed by atoms with E-state index in [0.29, 0.717) is 25.6 Å². The van der Waals surface area contributed by atoms with E-state index in [0.717, 1.165) is 30.9 Å². The minimum Gasteiger partial charge on any atom is -0.490 e. The molecular weight excluding hydrogens is 286 g/mol. The number of pyridine rings is 1. The van der Waals surface area contributed by atoms with Crippen LogP contribution in [0.15, 0.2) is 18.5 Å². The topological polar surface area (TPSA) is 63.2 Å². The SMILES string of the molecule is O=C(CCCS)NCCOc1cncc(C2CCCN2)c1. The lowest BCUT2D eigenvalue weighted by molar-refractivity contribution is -0.121. The molecule has 1 unspecified atom stereocenters. The van der Waals surface area contributed by atoms with Gasteiger partial charge in [0.15, 0.2) is 0 Å². The maximum absolute atomic E-state index is 11.4. The van der Waals surface area contributed by atoms with Gasteiger partial charge in [-0.05, 0) is 43.2 Å². The molecule has 1 aromatic rings. The molecule has 0 saturated carbocycles. The van der Waals surface area contributed by atoms with Crippen LogP contribution in [-0.4, -0.2) is 36.3 Å². The van der Waals surface area contributed by atoms with Crippen molar-refractivity contribution in [2.75, 3.05) is 25.4 Å². The highest BCUT2D eigenvalue weighted by atomic mass is 32.1. The highest BCUT2D eigenvalue weighted by Gasteiger charge is 2.16. The summed E-state index contributed by atoms with van der Waals surface area (Å²) >= 11 is 4.08. The Morgan fingerprint density at radius 1 is 1.52 bits per heavy atom. The molecule has 2 rings (SSSR count). The fraction of sp³-hybridized carbons (Fsp3) is 0.600. The Labute approximate surface area is 131 Å². The molecule has 1 atom stereocenters. The molecule has 2 N–H and O–H groups in total. The molecule has 0 spiro atoms. The number of rotatable bonds is 8. The molecule has 1 saturated heterocycles. The fourth-order valence-corrected chi connectivity index (χ4v) is 2.52. The molecule has 1 amide bonds. The van der Waals surface area contributed by atoms with Crippen LogP contribution < -0.4 is 15.4 Å². The van der Waals surface area contributed by atoms with E-state index in [1.54, 1.807) is 6.20 Å². The third-order valence-electron chi connectivity index (χ3n) is 3.45. The molecule has 0 aliphatic carbocycles. The van der Waals surface area contributed by atoms with Crippen LogP contribution in [0, 0.1) is 0 Å². The van der Waals surface area contributed by atoms with Crippen LogP contribution >= 0.6 is 12.6 Å². The van der Waals surface area contributed by atoms with Gasteiger partial charge in [-0.1, -0.05) is 0 Å². The van der Waals surface area contributed by atoms with Gasteiger partial charge < -0.3 is 15.4 Å². The zero-order valence-electron chi connectivity index (χ0n) is 12.2. The Kier molecular flexibility index (Phi) is 6.82. The average molecular weight is 309 g/mol. The van der Waals surface area contributed by atoms with E-state index < -0.39 is 0 Å². The second-order valence-electron chi connectivity index (χ2n) is 5.13. The third-order valence-corrected chi connectivity index (χ3v) is 3.77. The lowest BCUT2D eigenvalue weighted by Crippen LogP contribution is -2.27. The van der Waals surface area contributed by atoms with Crippen molar-refractivity contribution in [2.45, 2.75) is 31.7 Å². The molecule has 1 aliphatic rings. The first-order valence-electron chi connectivity index (χ1n) is 7.48. The molecule has 6 heteroatoms. The van der Waals surface area contributed by atoms with Crippen molar-refractivity contribution in [3.8, 4) is 5.75 Å². The van der Waals surface area contributed by atoms with E-state index in [-0.39, 0.29) is 5.91 Å². The van der Waals surface area contributed by atoms with E-state index in [9.17, 15) is 4.79 Å². The summed E-state index contributed by atoms with van der Waals surface area (Å²) in [5, 5.41) is 6.27. The lowest BCUT2D eigenvalue weighted by Gasteiger charge is -2.12. The van der Waals surface area contributed by atoms with Gasteiger partial charge in [-0.2, -0.15) is 12.6 Å². The number of nitrogens with zero attached hydrogens (tertiary/aromatic N) is 1. The number of amides is 1. The largest absolute Gasteiger partial charge is 0.490 e. The Morgan fingerprint density at radius 3 is 3.19 bits per heavy atom. The lowest BCUT2D eigenvalue weighted by atomic mass is 10.1. The first-order chi connectivity index (χ1) is 10.3. The monoisotopic (exact) mass is 309 g/mol. The van der Waals surface area contributed by atoms with Crippen LogP contribution in [0.5, 0.6) is 5.75 Å². The zero-order chi connectivity index (χ0) is 14.9. The summed E-state index contributed by atoms with van der Waals surface area (Å²) in [6.45, 7) is 2.03. The van der Waals surface area contributed by atoms with Gasteiger partial charge in [-0.25, -0.2) is 0 Å². The zero-order valence-corrected chi connectivity index (χ0v) is 13.1. The second-order valence-corrected chi connectivity index (χ2v) is 5.58. The van der Waals surface area contributed by atoms with Crippen molar-refractivity contribution in [3.05, 3.63) is 24.0 Å². The molecule has 1 aromatic heterocycles. The molecule has 0 bridgehead atoms. The van der Waals surface area contributed by atoms with Crippen LogP contribution in [-0.2, 0) is 4.79 Å². The maximum Gasteiger partial charge on any atom is 0.220 e.